The van der Waals surface area contributed by atoms with Crippen molar-refractivity contribution in [2.24, 2.45) is 5.92 Å². The van der Waals surface area contributed by atoms with Crippen LogP contribution in [0.3, 0.4) is 0 Å². The van der Waals surface area contributed by atoms with Crippen molar-refractivity contribution in [1.29, 1.82) is 0 Å². The maximum atomic E-state index is 13.8. The molecule has 1 aromatic carbocycles. The zero-order valence-electron chi connectivity index (χ0n) is 17.0. The molecule has 5 rings (SSSR count). The van der Waals surface area contributed by atoms with Gasteiger partial charge in [-0.2, -0.15) is 0 Å². The molecule has 1 spiro atoms. The molecule has 1 saturated heterocycles. The lowest BCUT2D eigenvalue weighted by Gasteiger charge is -2.44. The lowest BCUT2D eigenvalue weighted by Crippen LogP contribution is -2.55. The number of carbonyl (C=O) groups is 2. The Kier molecular flexibility index (Phi) is 4.58. The molecule has 1 aliphatic carbocycles. The van der Waals surface area contributed by atoms with Gasteiger partial charge in [0.1, 0.15) is 23.0 Å². The SMILES string of the molecule is O=C(NCc1c(F)cc(F)cc1F)c1cn2c(c(O)c1=O)C(=O)N1C[C@@H]3CCCC1(C3)C2. The Morgan fingerprint density at radius 1 is 1.22 bits per heavy atom. The summed E-state index contributed by atoms with van der Waals surface area (Å²) in [6.07, 6.45) is 4.84. The van der Waals surface area contributed by atoms with Gasteiger partial charge in [0, 0.05) is 43.5 Å². The predicted molar refractivity (Wildman–Crippen MR) is 106 cm³/mol. The summed E-state index contributed by atoms with van der Waals surface area (Å²) in [6, 6.07) is 0.972. The average Bonchev–Trinajstić information content (AvgIpc) is 2.99. The highest BCUT2D eigenvalue weighted by Gasteiger charge is 2.53. The zero-order chi connectivity index (χ0) is 22.8. The lowest BCUT2D eigenvalue weighted by atomic mass is 9.79. The first-order valence-corrected chi connectivity index (χ1v) is 10.4. The number of nitrogens with one attached hydrogen (secondary N) is 1. The quantitative estimate of drug-likeness (QED) is 0.756. The molecule has 2 aliphatic heterocycles. The van der Waals surface area contributed by atoms with E-state index in [0.29, 0.717) is 31.1 Å². The number of aromatic nitrogens is 1. The van der Waals surface area contributed by atoms with Crippen molar-refractivity contribution < 1.29 is 27.9 Å². The van der Waals surface area contributed by atoms with Crippen LogP contribution in [0.5, 0.6) is 5.75 Å². The third kappa shape index (κ3) is 3.00. The number of halogens is 3. The number of carbonyl (C=O) groups excluding carboxylic acids is 2. The molecule has 2 aromatic rings. The van der Waals surface area contributed by atoms with E-state index in [0.717, 1.165) is 25.7 Å². The first-order chi connectivity index (χ1) is 15.2. The third-order valence-electron chi connectivity index (χ3n) is 6.88. The smallest absolute Gasteiger partial charge is 0.275 e. The minimum atomic E-state index is -1.18. The van der Waals surface area contributed by atoms with Gasteiger partial charge < -0.3 is 19.9 Å². The summed E-state index contributed by atoms with van der Waals surface area (Å²) < 4.78 is 42.2. The van der Waals surface area contributed by atoms with E-state index in [4.69, 9.17) is 0 Å². The van der Waals surface area contributed by atoms with Gasteiger partial charge in [0.2, 0.25) is 5.43 Å². The van der Waals surface area contributed by atoms with Gasteiger partial charge in [-0.1, -0.05) is 6.42 Å². The Morgan fingerprint density at radius 3 is 2.66 bits per heavy atom. The van der Waals surface area contributed by atoms with Crippen molar-refractivity contribution in [3.05, 3.63) is 62.8 Å². The molecule has 2 N–H and O–H groups in total. The molecule has 7 nitrogen and oxygen atoms in total. The number of hydrogen-bond donors (Lipinski definition) is 2. The topological polar surface area (TPSA) is 91.6 Å². The second-order valence-electron chi connectivity index (χ2n) is 8.83. The maximum Gasteiger partial charge on any atom is 0.275 e. The fourth-order valence-corrected chi connectivity index (χ4v) is 5.45. The standard InChI is InChI=1S/C22H20F3N3O4/c23-12-4-15(24)13(16(25)5-12)7-26-20(31)14-9-27-10-22-3-1-2-11(6-22)8-28(22)21(32)17(27)19(30)18(14)29/h4-5,9,11,30H,1-3,6-8,10H2,(H,26,31)/t11-,22?/m1/s1. The lowest BCUT2D eigenvalue weighted by molar-refractivity contribution is 0.0419. The number of hydrogen-bond acceptors (Lipinski definition) is 4. The van der Waals surface area contributed by atoms with E-state index >= 15 is 0 Å². The minimum Gasteiger partial charge on any atom is -0.503 e. The predicted octanol–water partition coefficient (Wildman–Crippen LogP) is 2.30. The van der Waals surface area contributed by atoms with Gasteiger partial charge in [-0.25, -0.2) is 13.2 Å². The fraction of sp³-hybridized carbons (Fsp3) is 0.409. The summed E-state index contributed by atoms with van der Waals surface area (Å²) in [4.78, 5) is 40.1. The Balaban J connectivity index is 1.46. The molecule has 0 radical (unpaired) electrons. The van der Waals surface area contributed by atoms with Gasteiger partial charge in [-0.05, 0) is 25.2 Å². The molecular weight excluding hydrogens is 427 g/mol. The monoisotopic (exact) mass is 447 g/mol. The summed E-state index contributed by atoms with van der Waals surface area (Å²) in [5.74, 6) is -5.29. The van der Waals surface area contributed by atoms with E-state index < -0.39 is 63.7 Å². The van der Waals surface area contributed by atoms with Crippen LogP contribution in [0.25, 0.3) is 0 Å². The molecule has 2 fully saturated rings. The van der Waals surface area contributed by atoms with Crippen LogP contribution in [0.15, 0.2) is 23.1 Å². The molecule has 2 amide bonds. The van der Waals surface area contributed by atoms with Crippen LogP contribution in [-0.4, -0.2) is 38.5 Å². The normalized spacial score (nSPS) is 23.7. The van der Waals surface area contributed by atoms with Crippen LogP contribution in [-0.2, 0) is 13.1 Å². The third-order valence-corrected chi connectivity index (χ3v) is 6.88. The number of benzene rings is 1. The summed E-state index contributed by atoms with van der Waals surface area (Å²) in [5.41, 5.74) is -2.61. The molecule has 2 bridgehead atoms. The summed E-state index contributed by atoms with van der Waals surface area (Å²) >= 11 is 0. The first-order valence-electron chi connectivity index (χ1n) is 10.4. The molecule has 3 aliphatic rings. The number of aromatic hydroxyl groups is 1. The van der Waals surface area contributed by atoms with Crippen LogP contribution in [0.1, 0.15) is 52.1 Å². The van der Waals surface area contributed by atoms with E-state index in [1.165, 1.54) is 10.8 Å². The Morgan fingerprint density at radius 2 is 1.94 bits per heavy atom. The largest absolute Gasteiger partial charge is 0.503 e. The molecule has 1 aromatic heterocycles. The second kappa shape index (κ2) is 7.11. The van der Waals surface area contributed by atoms with Crippen LogP contribution in [0.2, 0.25) is 0 Å². The minimum absolute atomic E-state index is 0.152. The summed E-state index contributed by atoms with van der Waals surface area (Å²) in [7, 11) is 0. The van der Waals surface area contributed by atoms with Gasteiger partial charge in [0.25, 0.3) is 11.8 Å². The van der Waals surface area contributed by atoms with Crippen molar-refractivity contribution in [2.75, 3.05) is 6.54 Å². The van der Waals surface area contributed by atoms with Crippen LogP contribution in [0.4, 0.5) is 13.2 Å². The van der Waals surface area contributed by atoms with Gasteiger partial charge in [0.05, 0.1) is 5.54 Å². The highest BCUT2D eigenvalue weighted by molar-refractivity contribution is 5.99. The zero-order valence-corrected chi connectivity index (χ0v) is 17.0. The van der Waals surface area contributed by atoms with Crippen molar-refractivity contribution in [3.63, 3.8) is 0 Å². The van der Waals surface area contributed by atoms with Crippen LogP contribution >= 0.6 is 0 Å². The second-order valence-corrected chi connectivity index (χ2v) is 8.83. The van der Waals surface area contributed by atoms with E-state index in [1.807, 2.05) is 0 Å². The molecule has 3 heterocycles. The molecular formula is C22H20F3N3O4. The number of rotatable bonds is 3. The molecule has 1 saturated carbocycles. The Bertz CT molecular complexity index is 1200. The molecule has 168 valence electrons. The highest BCUT2D eigenvalue weighted by Crippen LogP contribution is 2.48. The maximum absolute atomic E-state index is 13.8. The number of amides is 2. The van der Waals surface area contributed by atoms with Crippen molar-refractivity contribution in [3.8, 4) is 5.75 Å². The molecule has 2 atom stereocenters. The molecule has 10 heteroatoms. The van der Waals surface area contributed by atoms with Crippen molar-refractivity contribution in [2.45, 2.75) is 44.3 Å². The average molecular weight is 447 g/mol. The number of fused-ring (bicyclic) bond motifs is 2. The van der Waals surface area contributed by atoms with Crippen molar-refractivity contribution >= 4 is 11.8 Å². The van der Waals surface area contributed by atoms with Gasteiger partial charge >= 0.3 is 0 Å². The van der Waals surface area contributed by atoms with Crippen LogP contribution < -0.4 is 10.7 Å². The molecule has 1 unspecified atom stereocenters. The van der Waals surface area contributed by atoms with E-state index in [2.05, 4.69) is 5.32 Å². The fourth-order valence-electron chi connectivity index (χ4n) is 5.45. The van der Waals surface area contributed by atoms with Gasteiger partial charge in [-0.15, -0.1) is 0 Å². The first kappa shape index (κ1) is 20.6. The van der Waals surface area contributed by atoms with Gasteiger partial charge in [-0.3, -0.25) is 14.4 Å². The number of pyridine rings is 1. The summed E-state index contributed by atoms with van der Waals surface area (Å²) in [5, 5.41) is 12.7. The van der Waals surface area contributed by atoms with E-state index in [1.54, 1.807) is 4.90 Å². The Labute approximate surface area is 180 Å². The summed E-state index contributed by atoms with van der Waals surface area (Å²) in [6.45, 7) is 0.306. The van der Waals surface area contributed by atoms with E-state index in [-0.39, 0.29) is 5.69 Å². The molecule has 32 heavy (non-hydrogen) atoms. The highest BCUT2D eigenvalue weighted by atomic mass is 19.1. The van der Waals surface area contributed by atoms with Crippen LogP contribution in [0, 0.1) is 23.4 Å². The van der Waals surface area contributed by atoms with Crippen molar-refractivity contribution in [1.82, 2.24) is 14.8 Å². The van der Waals surface area contributed by atoms with Gasteiger partial charge in [0.15, 0.2) is 11.4 Å². The number of nitrogens with zero attached hydrogens (tertiary/aromatic N) is 2. The Hall–Kier alpha value is -3.30. The van der Waals surface area contributed by atoms with E-state index in [9.17, 15) is 32.7 Å².